The van der Waals surface area contributed by atoms with Gasteiger partial charge in [0.2, 0.25) is 11.7 Å². The third-order valence-corrected chi connectivity index (χ3v) is 3.17. The summed E-state index contributed by atoms with van der Waals surface area (Å²) in [7, 11) is 1.53. The van der Waals surface area contributed by atoms with Crippen molar-refractivity contribution in [2.75, 3.05) is 13.7 Å². The average Bonchev–Trinajstić information content (AvgIpc) is 3.16. The standard InChI is InChI=1S/C12H15N5O3/c1-18-10-5-3-8(15-16-10)11-14-12(20-17-11)9-4-2-7(6-13)19-9/h3,5,7,9H,2,4,6,13H2,1H3. The number of hydrogen-bond acceptors (Lipinski definition) is 8. The fraction of sp³-hybridized carbons (Fsp3) is 0.500. The van der Waals surface area contributed by atoms with Crippen LogP contribution >= 0.6 is 0 Å². The molecule has 2 aromatic rings. The number of aromatic nitrogens is 4. The van der Waals surface area contributed by atoms with Crippen molar-refractivity contribution >= 4 is 0 Å². The van der Waals surface area contributed by atoms with Crippen molar-refractivity contribution in [1.82, 2.24) is 20.3 Å². The summed E-state index contributed by atoms with van der Waals surface area (Å²) in [6, 6.07) is 3.41. The summed E-state index contributed by atoms with van der Waals surface area (Å²) < 4.78 is 15.9. The number of rotatable bonds is 4. The molecule has 2 aromatic heterocycles. The molecule has 3 heterocycles. The molecular weight excluding hydrogens is 262 g/mol. The fourth-order valence-electron chi connectivity index (χ4n) is 2.08. The Morgan fingerprint density at radius 1 is 1.35 bits per heavy atom. The average molecular weight is 277 g/mol. The van der Waals surface area contributed by atoms with Crippen LogP contribution in [0.5, 0.6) is 5.88 Å². The van der Waals surface area contributed by atoms with Crippen molar-refractivity contribution in [1.29, 1.82) is 0 Å². The molecule has 2 unspecified atom stereocenters. The van der Waals surface area contributed by atoms with Gasteiger partial charge in [0.1, 0.15) is 11.8 Å². The molecule has 20 heavy (non-hydrogen) atoms. The van der Waals surface area contributed by atoms with E-state index in [2.05, 4.69) is 20.3 Å². The third-order valence-electron chi connectivity index (χ3n) is 3.17. The molecule has 8 heteroatoms. The van der Waals surface area contributed by atoms with E-state index in [1.807, 2.05) is 0 Å². The monoisotopic (exact) mass is 277 g/mol. The van der Waals surface area contributed by atoms with Crippen LogP contribution in [0.25, 0.3) is 11.5 Å². The van der Waals surface area contributed by atoms with Crippen LogP contribution < -0.4 is 10.5 Å². The minimum absolute atomic E-state index is 0.0659. The molecule has 1 saturated heterocycles. The van der Waals surface area contributed by atoms with E-state index in [4.69, 9.17) is 19.7 Å². The van der Waals surface area contributed by atoms with Crippen LogP contribution in [0.1, 0.15) is 24.8 Å². The van der Waals surface area contributed by atoms with Crippen molar-refractivity contribution in [3.63, 3.8) is 0 Å². The summed E-state index contributed by atoms with van der Waals surface area (Å²) in [6.45, 7) is 0.501. The van der Waals surface area contributed by atoms with Gasteiger partial charge in [0.25, 0.3) is 5.89 Å². The lowest BCUT2D eigenvalue weighted by molar-refractivity contribution is 0.0307. The molecule has 0 aliphatic carbocycles. The number of hydrogen-bond donors (Lipinski definition) is 1. The van der Waals surface area contributed by atoms with Gasteiger partial charge in [-0.1, -0.05) is 5.16 Å². The molecule has 0 spiro atoms. The maximum Gasteiger partial charge on any atom is 0.256 e. The van der Waals surface area contributed by atoms with Crippen molar-refractivity contribution in [3.05, 3.63) is 18.0 Å². The lowest BCUT2D eigenvalue weighted by Gasteiger charge is -2.07. The van der Waals surface area contributed by atoms with Crippen molar-refractivity contribution < 1.29 is 14.0 Å². The maximum absolute atomic E-state index is 5.71. The second-order valence-corrected chi connectivity index (χ2v) is 4.48. The van der Waals surface area contributed by atoms with E-state index in [-0.39, 0.29) is 12.2 Å². The van der Waals surface area contributed by atoms with E-state index in [1.54, 1.807) is 12.1 Å². The Morgan fingerprint density at radius 3 is 2.90 bits per heavy atom. The quantitative estimate of drug-likeness (QED) is 0.870. The van der Waals surface area contributed by atoms with Crippen LogP contribution in [-0.4, -0.2) is 40.1 Å². The van der Waals surface area contributed by atoms with Gasteiger partial charge in [-0.25, -0.2) is 0 Å². The molecule has 0 aromatic carbocycles. The topological polar surface area (TPSA) is 109 Å². The summed E-state index contributed by atoms with van der Waals surface area (Å²) >= 11 is 0. The van der Waals surface area contributed by atoms with E-state index in [0.29, 0.717) is 29.8 Å². The molecule has 3 rings (SSSR count). The first-order valence-corrected chi connectivity index (χ1v) is 6.37. The van der Waals surface area contributed by atoms with Gasteiger partial charge in [-0.3, -0.25) is 0 Å². The second kappa shape index (κ2) is 5.51. The summed E-state index contributed by atoms with van der Waals surface area (Å²) in [5.41, 5.74) is 6.10. The molecule has 1 aliphatic heterocycles. The highest BCUT2D eigenvalue weighted by Gasteiger charge is 2.30. The van der Waals surface area contributed by atoms with Gasteiger partial charge >= 0.3 is 0 Å². The van der Waals surface area contributed by atoms with E-state index in [0.717, 1.165) is 12.8 Å². The molecule has 106 valence electrons. The fourth-order valence-corrected chi connectivity index (χ4v) is 2.08. The second-order valence-electron chi connectivity index (χ2n) is 4.48. The van der Waals surface area contributed by atoms with E-state index >= 15 is 0 Å². The van der Waals surface area contributed by atoms with Gasteiger partial charge in [0.05, 0.1) is 13.2 Å². The van der Waals surface area contributed by atoms with Crippen LogP contribution in [-0.2, 0) is 4.74 Å². The molecule has 1 fully saturated rings. The Kier molecular flexibility index (Phi) is 3.57. The first kappa shape index (κ1) is 12.9. The van der Waals surface area contributed by atoms with Crippen molar-refractivity contribution in [2.45, 2.75) is 25.0 Å². The molecule has 0 saturated carbocycles. The minimum Gasteiger partial charge on any atom is -0.480 e. The molecular formula is C12H15N5O3. The Morgan fingerprint density at radius 2 is 2.25 bits per heavy atom. The summed E-state index contributed by atoms with van der Waals surface area (Å²) in [5.74, 6) is 1.27. The van der Waals surface area contributed by atoms with Gasteiger partial charge in [-0.05, 0) is 18.9 Å². The highest BCUT2D eigenvalue weighted by atomic mass is 16.5. The molecule has 2 N–H and O–H groups in total. The zero-order chi connectivity index (χ0) is 13.9. The van der Waals surface area contributed by atoms with Gasteiger partial charge in [-0.2, -0.15) is 4.98 Å². The third kappa shape index (κ3) is 2.47. The summed E-state index contributed by atoms with van der Waals surface area (Å²) in [4.78, 5) is 4.30. The number of methoxy groups -OCH3 is 1. The largest absolute Gasteiger partial charge is 0.480 e. The molecule has 8 nitrogen and oxygen atoms in total. The summed E-state index contributed by atoms with van der Waals surface area (Å²) in [6.07, 6.45) is 1.62. The van der Waals surface area contributed by atoms with Crippen LogP contribution in [0.3, 0.4) is 0 Å². The van der Waals surface area contributed by atoms with E-state index < -0.39 is 0 Å². The van der Waals surface area contributed by atoms with Crippen LogP contribution in [0.2, 0.25) is 0 Å². The normalized spacial score (nSPS) is 22.1. The molecule has 1 aliphatic rings. The Balaban J connectivity index is 1.76. The smallest absolute Gasteiger partial charge is 0.256 e. The lowest BCUT2D eigenvalue weighted by Crippen LogP contribution is -2.18. The van der Waals surface area contributed by atoms with Crippen molar-refractivity contribution in [3.8, 4) is 17.4 Å². The number of nitrogens with zero attached hydrogens (tertiary/aromatic N) is 4. The minimum atomic E-state index is -0.184. The molecule has 0 radical (unpaired) electrons. The predicted molar refractivity (Wildman–Crippen MR) is 67.8 cm³/mol. The summed E-state index contributed by atoms with van der Waals surface area (Å²) in [5, 5.41) is 11.7. The molecule has 2 atom stereocenters. The van der Waals surface area contributed by atoms with Gasteiger partial charge in [0, 0.05) is 12.6 Å². The Labute approximate surface area is 115 Å². The highest BCUT2D eigenvalue weighted by molar-refractivity contribution is 5.47. The first-order valence-electron chi connectivity index (χ1n) is 6.37. The molecule has 0 bridgehead atoms. The lowest BCUT2D eigenvalue weighted by atomic mass is 10.2. The van der Waals surface area contributed by atoms with Gasteiger partial charge in [-0.15, -0.1) is 10.2 Å². The zero-order valence-electron chi connectivity index (χ0n) is 11.0. The zero-order valence-corrected chi connectivity index (χ0v) is 11.0. The number of ether oxygens (including phenoxy) is 2. The van der Waals surface area contributed by atoms with Crippen LogP contribution in [0.4, 0.5) is 0 Å². The van der Waals surface area contributed by atoms with E-state index in [1.165, 1.54) is 7.11 Å². The Bertz CT molecular complexity index is 571. The highest BCUT2D eigenvalue weighted by Crippen LogP contribution is 2.32. The predicted octanol–water partition coefficient (Wildman–Crippen LogP) is 0.714. The van der Waals surface area contributed by atoms with Crippen LogP contribution in [0.15, 0.2) is 16.7 Å². The number of nitrogens with two attached hydrogens (primary N) is 1. The SMILES string of the molecule is COc1ccc(-c2noc(C3CCC(CN)O3)n2)nn1. The Hall–Kier alpha value is -2.06. The van der Waals surface area contributed by atoms with Gasteiger partial charge < -0.3 is 19.7 Å². The van der Waals surface area contributed by atoms with Crippen molar-refractivity contribution in [2.24, 2.45) is 5.73 Å². The van der Waals surface area contributed by atoms with E-state index in [9.17, 15) is 0 Å². The maximum atomic E-state index is 5.71. The van der Waals surface area contributed by atoms with Crippen LogP contribution in [0, 0.1) is 0 Å². The first-order chi connectivity index (χ1) is 9.80. The molecule has 0 amide bonds. The van der Waals surface area contributed by atoms with Gasteiger partial charge in [0.15, 0.2) is 0 Å².